The Morgan fingerprint density at radius 2 is 0.763 bits per heavy atom. The van der Waals surface area contributed by atoms with Gasteiger partial charge in [-0.3, -0.25) is 14.1 Å². The minimum absolute atomic E-state index is 0.199. The molecule has 0 heterocycles. The van der Waals surface area contributed by atoms with Crippen molar-refractivity contribution in [2.45, 2.75) is 258 Å². The minimum atomic E-state index is -4.76. The fourth-order valence-corrected chi connectivity index (χ4v) is 7.57. The third kappa shape index (κ3) is 48.8. The lowest BCUT2D eigenvalue weighted by molar-refractivity contribution is -0.161. The average Bonchev–Trinajstić information content (AvgIpc) is 3.21. The lowest BCUT2D eigenvalue weighted by atomic mass is 10.0. The topological polar surface area (TPSA) is 119 Å². The number of rotatable bonds is 46. The first-order valence-electron chi connectivity index (χ1n) is 24.8. The van der Waals surface area contributed by atoms with E-state index >= 15 is 0 Å². The summed E-state index contributed by atoms with van der Waals surface area (Å²) in [5.74, 6) is -0.888. The van der Waals surface area contributed by atoms with E-state index in [2.05, 4.69) is 54.8 Å². The molecule has 2 N–H and O–H groups in total. The van der Waals surface area contributed by atoms with Gasteiger partial charge < -0.3 is 19.3 Å². The molecule has 0 radical (unpaired) electrons. The summed E-state index contributed by atoms with van der Waals surface area (Å²) in [7, 11) is -4.76. The first-order chi connectivity index (χ1) is 28.8. The number of ether oxygens (including phenoxy) is 2. The molecule has 8 nitrogen and oxygen atoms in total. The van der Waals surface area contributed by atoms with E-state index in [4.69, 9.17) is 19.3 Å². The molecule has 0 aliphatic carbocycles. The van der Waals surface area contributed by atoms with Crippen LogP contribution in [-0.2, 0) is 28.2 Å². The summed E-state index contributed by atoms with van der Waals surface area (Å²) >= 11 is 0. The van der Waals surface area contributed by atoms with E-state index in [9.17, 15) is 14.2 Å². The summed E-state index contributed by atoms with van der Waals surface area (Å²) in [6.07, 6.45) is 55.9. The summed E-state index contributed by atoms with van der Waals surface area (Å²) in [4.78, 5) is 43.1. The highest BCUT2D eigenvalue weighted by Crippen LogP contribution is 2.36. The number of phosphoric ester groups is 1. The van der Waals surface area contributed by atoms with Crippen LogP contribution in [-0.4, -0.2) is 41.0 Å². The van der Waals surface area contributed by atoms with E-state index in [-0.39, 0.29) is 19.4 Å². The number of unbranched alkanes of at least 4 members (excludes halogenated alkanes) is 30. The second kappa shape index (κ2) is 45.8. The van der Waals surface area contributed by atoms with Crippen molar-refractivity contribution in [3.63, 3.8) is 0 Å². The molecule has 0 amide bonds. The molecule has 0 saturated carbocycles. The van der Waals surface area contributed by atoms with Crippen LogP contribution in [0.3, 0.4) is 0 Å². The molecule has 0 saturated heterocycles. The molecule has 1 unspecified atom stereocenters. The molecule has 0 aromatic heterocycles. The van der Waals surface area contributed by atoms with Gasteiger partial charge in [-0.15, -0.1) is 0 Å². The number of carbonyl (C=O) groups is 2. The third-order valence-corrected chi connectivity index (χ3v) is 11.4. The first kappa shape index (κ1) is 57.3. The van der Waals surface area contributed by atoms with Crippen molar-refractivity contribution in [2.75, 3.05) is 13.2 Å². The average molecular weight is 853 g/mol. The van der Waals surface area contributed by atoms with Gasteiger partial charge in [0, 0.05) is 12.8 Å². The summed E-state index contributed by atoms with van der Waals surface area (Å²) in [6.45, 7) is 3.69. The molecule has 0 spiro atoms. The Bertz CT molecular complexity index is 1050. The highest BCUT2D eigenvalue weighted by Gasteiger charge is 2.23. The Hall–Kier alpha value is -1.73. The second-order valence-electron chi connectivity index (χ2n) is 16.8. The predicted octanol–water partition coefficient (Wildman–Crippen LogP) is 15.7. The number of esters is 2. The van der Waals surface area contributed by atoms with Gasteiger partial charge in [0.05, 0.1) is 6.61 Å². The van der Waals surface area contributed by atoms with Crippen molar-refractivity contribution in [1.82, 2.24) is 0 Å². The molecule has 1 atom stereocenters. The Balaban J connectivity index is 3.83. The van der Waals surface area contributed by atoms with Crippen LogP contribution < -0.4 is 0 Å². The molecular weight excluding hydrogens is 760 g/mol. The molecule has 0 aromatic rings. The van der Waals surface area contributed by atoms with Gasteiger partial charge in [0.15, 0.2) is 6.10 Å². The summed E-state index contributed by atoms with van der Waals surface area (Å²) in [5, 5.41) is 0. The van der Waals surface area contributed by atoms with Crippen LogP contribution in [0.4, 0.5) is 0 Å². The third-order valence-electron chi connectivity index (χ3n) is 10.9. The highest BCUT2D eigenvalue weighted by atomic mass is 31.2. The largest absolute Gasteiger partial charge is 0.469 e. The van der Waals surface area contributed by atoms with Crippen LogP contribution in [0.25, 0.3) is 0 Å². The van der Waals surface area contributed by atoms with Gasteiger partial charge in [-0.05, 0) is 51.4 Å². The van der Waals surface area contributed by atoms with Gasteiger partial charge in [0.2, 0.25) is 0 Å². The van der Waals surface area contributed by atoms with Crippen LogP contribution in [0.2, 0.25) is 0 Å². The molecule has 9 heteroatoms. The van der Waals surface area contributed by atoms with Crippen molar-refractivity contribution in [3.05, 3.63) is 36.5 Å². The Labute approximate surface area is 363 Å². The fraction of sp³-hybridized carbons (Fsp3) is 0.840. The predicted molar refractivity (Wildman–Crippen MR) is 248 cm³/mol. The lowest BCUT2D eigenvalue weighted by Gasteiger charge is -2.18. The quantitative estimate of drug-likeness (QED) is 0.0269. The molecule has 0 aromatic carbocycles. The molecule has 0 aliphatic rings. The zero-order valence-electron chi connectivity index (χ0n) is 38.4. The van der Waals surface area contributed by atoms with E-state index in [0.717, 1.165) is 70.6 Å². The monoisotopic (exact) mass is 853 g/mol. The Kier molecular flexibility index (Phi) is 44.4. The maximum atomic E-state index is 12.5. The van der Waals surface area contributed by atoms with E-state index in [1.54, 1.807) is 0 Å². The van der Waals surface area contributed by atoms with Crippen LogP contribution in [0.1, 0.15) is 251 Å². The normalized spacial score (nSPS) is 12.7. The fourth-order valence-electron chi connectivity index (χ4n) is 7.21. The van der Waals surface area contributed by atoms with Crippen molar-refractivity contribution < 1.29 is 37.9 Å². The van der Waals surface area contributed by atoms with Gasteiger partial charge >= 0.3 is 19.8 Å². The highest BCUT2D eigenvalue weighted by molar-refractivity contribution is 7.46. The van der Waals surface area contributed by atoms with Crippen LogP contribution >= 0.6 is 7.82 Å². The van der Waals surface area contributed by atoms with E-state index in [1.165, 1.54) is 148 Å². The molecule has 0 rings (SSSR count). The van der Waals surface area contributed by atoms with E-state index in [1.807, 2.05) is 0 Å². The number of carbonyl (C=O) groups excluding carboxylic acids is 2. The number of hydrogen-bond donors (Lipinski definition) is 2. The van der Waals surface area contributed by atoms with Crippen LogP contribution in [0.5, 0.6) is 0 Å². The first-order valence-corrected chi connectivity index (χ1v) is 26.3. The van der Waals surface area contributed by atoms with Crippen molar-refractivity contribution in [3.8, 4) is 0 Å². The molecule has 59 heavy (non-hydrogen) atoms. The maximum Gasteiger partial charge on any atom is 0.469 e. The van der Waals surface area contributed by atoms with Gasteiger partial charge in [-0.1, -0.05) is 224 Å². The number of allylic oxidation sites excluding steroid dienone is 6. The van der Waals surface area contributed by atoms with Gasteiger partial charge in [-0.2, -0.15) is 0 Å². The summed E-state index contributed by atoms with van der Waals surface area (Å²) in [5.41, 5.74) is 0. The Morgan fingerprint density at radius 3 is 1.17 bits per heavy atom. The lowest BCUT2D eigenvalue weighted by Crippen LogP contribution is -2.29. The zero-order valence-corrected chi connectivity index (χ0v) is 39.3. The molecule has 0 aliphatic heterocycles. The molecule has 0 bridgehead atoms. The molecule has 0 fully saturated rings. The standard InChI is InChI=1S/C50H93O8P/c1-3-5-7-9-11-13-15-17-19-21-23-24-25-27-28-30-32-34-36-38-40-42-44-49(51)56-46-48(47-57-59(53,54)55)58-50(52)45-43-41-39-37-35-33-31-29-26-22-20-18-16-14-12-10-8-6-4-2/h12,14,18,20,26,29,48H,3-11,13,15-17,19,21-25,27-28,30-47H2,1-2H3,(H2,53,54,55)/b14-12-,20-18-,29-26-. The molecular formula is C50H93O8P. The second-order valence-corrected chi connectivity index (χ2v) is 18.0. The van der Waals surface area contributed by atoms with Crippen LogP contribution in [0, 0.1) is 0 Å². The maximum absolute atomic E-state index is 12.5. The SMILES string of the molecule is CCCCC/C=C\C/C=C\C/C=C\CCCCCCCCC(=O)OC(COC(=O)CCCCCCCCCCCCCCCCCCCCCCCC)COP(=O)(O)O. The summed E-state index contributed by atoms with van der Waals surface area (Å²) < 4.78 is 26.5. The zero-order chi connectivity index (χ0) is 43.2. The van der Waals surface area contributed by atoms with Crippen molar-refractivity contribution in [1.29, 1.82) is 0 Å². The van der Waals surface area contributed by atoms with Gasteiger partial charge in [0.1, 0.15) is 6.61 Å². The minimum Gasteiger partial charge on any atom is -0.462 e. The number of phosphoric acid groups is 1. The van der Waals surface area contributed by atoms with Crippen LogP contribution in [0.15, 0.2) is 36.5 Å². The van der Waals surface area contributed by atoms with E-state index in [0.29, 0.717) is 6.42 Å². The van der Waals surface area contributed by atoms with E-state index < -0.39 is 32.5 Å². The Morgan fingerprint density at radius 1 is 0.441 bits per heavy atom. The summed E-state index contributed by atoms with van der Waals surface area (Å²) in [6, 6.07) is 0. The smallest absolute Gasteiger partial charge is 0.462 e. The van der Waals surface area contributed by atoms with Gasteiger partial charge in [0.25, 0.3) is 0 Å². The molecule has 346 valence electrons. The van der Waals surface area contributed by atoms with Crippen molar-refractivity contribution in [2.24, 2.45) is 0 Å². The van der Waals surface area contributed by atoms with Crippen molar-refractivity contribution >= 4 is 19.8 Å². The van der Waals surface area contributed by atoms with Gasteiger partial charge in [-0.25, -0.2) is 4.57 Å². The number of hydrogen-bond acceptors (Lipinski definition) is 6.